The zero-order valence-electron chi connectivity index (χ0n) is 40.5. The summed E-state index contributed by atoms with van der Waals surface area (Å²) in [6.07, 6.45) is -59.2. The van der Waals surface area contributed by atoms with Crippen LogP contribution in [0, 0.1) is 0 Å². The fraction of sp³-hybridized carbons (Fsp3) is 0.974. The van der Waals surface area contributed by atoms with Crippen LogP contribution in [0.4, 0.5) is 0 Å². The SMILES string of the molecule is CC(=O)N[C@H]1[C@H](O[C@H]2[C@H](O)[C@H](OP(=O)(O)O)[C@@H](O[C@H]3[C@H](O)[C@@H](N)[C@@H](O)O[C@@H]3CO)O[C@@H]2CO[C@H]2O[C@H](CO)[C@@H](O)[C@H](O)[C@@H]2O[C@H]2O[C@H](COP(=O)(O)O)[C@@H](O)[C@H](O)[C@@H]2O[C@H]2O[C@H](CO)[C@@H](O)[C@H](O)[C@@H]2O)O[C@H](CO)[C@H](O)[C@@H]1O. The van der Waals surface area contributed by atoms with E-state index < -0.39 is 245 Å². The molecule has 6 fully saturated rings. The van der Waals surface area contributed by atoms with E-state index in [0.717, 1.165) is 6.92 Å². The van der Waals surface area contributed by atoms with Crippen molar-refractivity contribution < 1.29 is 176 Å². The molecule has 0 unspecified atom stereocenters. The molecule has 30 atom stereocenters. The first-order valence-electron chi connectivity index (χ1n) is 23.7. The van der Waals surface area contributed by atoms with E-state index in [1.165, 1.54) is 0 Å². The van der Waals surface area contributed by atoms with Crippen molar-refractivity contribution in [3.05, 3.63) is 0 Å². The number of nitrogens with one attached hydrogen (secondary N) is 1. The fourth-order valence-electron chi connectivity index (χ4n) is 9.23. The predicted molar refractivity (Wildman–Crippen MR) is 235 cm³/mol. The van der Waals surface area contributed by atoms with Crippen molar-refractivity contribution in [1.29, 1.82) is 0 Å². The number of phosphoric acid groups is 2. The molecular weight excluding hydrogens is 1120 g/mol. The number of nitrogens with two attached hydrogens (primary N) is 1. The molecule has 0 aromatic carbocycles. The summed E-state index contributed by atoms with van der Waals surface area (Å²) in [6, 6.07) is -3.51. The van der Waals surface area contributed by atoms with Crippen LogP contribution in [-0.2, 0) is 75.1 Å². The van der Waals surface area contributed by atoms with Crippen LogP contribution in [0.15, 0.2) is 0 Å². The van der Waals surface area contributed by atoms with Gasteiger partial charge in [0.15, 0.2) is 37.7 Å². The molecule has 1 amide bonds. The molecule has 0 aromatic rings. The van der Waals surface area contributed by atoms with Crippen molar-refractivity contribution in [2.75, 3.05) is 39.6 Å². The molecule has 0 bridgehead atoms. The Morgan fingerprint density at radius 3 is 1.44 bits per heavy atom. The standard InChI is InChI=1S/C38H68N2O36P2/c1-8(45)40-16-22(51)17(46)9(2-41)67-34(16)72-29-14(71-38(32(27(29)56)76-78(61,62)63)73-28-12(5-44)66-33(57)15(39)21(28)50)6-64-36-30(24(53)19(48)11(4-43)69-36)75-37-31(25(54)20(49)13(70-37)7-65-77(58,59)60)74-35-26(55)23(52)18(47)10(3-42)68-35/h9-38,41-44,46-57H,2-7,39H2,1H3,(H,40,45)(H2,58,59,60)(H2,61,62,63)/t9-,10-,11-,12-,13-,14-,15-,16-,17+,18-,19-,20-,21-,22-,23+,24+,25+,26+,27+,28-,29-,30+,31+,32+,33+,34+,35-,36+,37-,38-/m1/s1. The van der Waals surface area contributed by atoms with Crippen LogP contribution in [-0.4, -0.2) is 331 Å². The zero-order chi connectivity index (χ0) is 58.0. The van der Waals surface area contributed by atoms with Gasteiger partial charge in [-0.15, -0.1) is 0 Å². The van der Waals surface area contributed by atoms with Gasteiger partial charge >= 0.3 is 15.6 Å². The maximum absolute atomic E-state index is 12.5. The predicted octanol–water partition coefficient (Wildman–Crippen LogP) is -13.8. The number of phosphoric ester groups is 2. The van der Waals surface area contributed by atoms with Crippen LogP contribution in [0.2, 0.25) is 0 Å². The third-order valence-corrected chi connectivity index (χ3v) is 14.4. The van der Waals surface area contributed by atoms with Gasteiger partial charge in [-0.25, -0.2) is 9.13 Å². The van der Waals surface area contributed by atoms with E-state index >= 15 is 0 Å². The van der Waals surface area contributed by atoms with Crippen molar-refractivity contribution in [2.45, 2.75) is 191 Å². The third-order valence-electron chi connectivity index (χ3n) is 13.4. The van der Waals surface area contributed by atoms with Crippen molar-refractivity contribution >= 4 is 21.6 Å². The van der Waals surface area contributed by atoms with Gasteiger partial charge in [-0.3, -0.25) is 13.8 Å². The quantitative estimate of drug-likeness (QED) is 0.0475. The number of aliphatic hydroxyl groups excluding tert-OH is 16. The first-order valence-corrected chi connectivity index (χ1v) is 26.7. The second-order valence-electron chi connectivity index (χ2n) is 18.8. The van der Waals surface area contributed by atoms with E-state index in [1.54, 1.807) is 0 Å². The van der Waals surface area contributed by atoms with Gasteiger partial charge in [0.25, 0.3) is 0 Å². The smallest absolute Gasteiger partial charge is 0.394 e. The molecule has 0 aliphatic carbocycles. The molecule has 0 radical (unpaired) electrons. The monoisotopic (exact) mass is 1190 g/mol. The molecule has 78 heavy (non-hydrogen) atoms. The van der Waals surface area contributed by atoms with Crippen LogP contribution in [0.5, 0.6) is 0 Å². The average Bonchev–Trinajstić information content (AvgIpc) is 3.38. The fourth-order valence-corrected chi connectivity index (χ4v) is 10.1. The van der Waals surface area contributed by atoms with Crippen LogP contribution < -0.4 is 11.1 Å². The van der Waals surface area contributed by atoms with E-state index in [1.807, 2.05) is 0 Å². The van der Waals surface area contributed by atoms with E-state index in [-0.39, 0.29) is 0 Å². The summed E-state index contributed by atoms with van der Waals surface area (Å²) in [5.41, 5.74) is 5.85. The Kier molecular flexibility index (Phi) is 23.2. The number of rotatable bonds is 21. The summed E-state index contributed by atoms with van der Waals surface area (Å²) in [7, 11) is -11.2. The number of aliphatic hydroxyl groups is 16. The van der Waals surface area contributed by atoms with Gasteiger partial charge in [-0.05, 0) is 0 Å². The Morgan fingerprint density at radius 2 is 0.885 bits per heavy atom. The van der Waals surface area contributed by atoms with Crippen LogP contribution in [0.25, 0.3) is 0 Å². The highest BCUT2D eigenvalue weighted by atomic mass is 31.2. The van der Waals surface area contributed by atoms with Crippen LogP contribution in [0.1, 0.15) is 6.92 Å². The summed E-state index contributed by atoms with van der Waals surface area (Å²) in [5.74, 6) is -0.887. The molecule has 40 heteroatoms. The summed E-state index contributed by atoms with van der Waals surface area (Å²) >= 11 is 0. The molecule has 0 aromatic heterocycles. The lowest BCUT2D eigenvalue weighted by Crippen LogP contribution is -2.69. The number of carbonyl (C=O) groups is 1. The van der Waals surface area contributed by atoms with Gasteiger partial charge in [0.05, 0.1) is 45.7 Å². The van der Waals surface area contributed by atoms with E-state index in [2.05, 4.69) is 9.84 Å². The largest absolute Gasteiger partial charge is 0.470 e. The van der Waals surface area contributed by atoms with Crippen molar-refractivity contribution in [2.24, 2.45) is 5.73 Å². The highest BCUT2D eigenvalue weighted by Gasteiger charge is 2.58. The Labute approximate surface area is 439 Å². The molecule has 6 saturated heterocycles. The van der Waals surface area contributed by atoms with Gasteiger partial charge in [0.2, 0.25) is 5.91 Å². The first-order chi connectivity index (χ1) is 36.4. The second kappa shape index (κ2) is 27.5. The van der Waals surface area contributed by atoms with E-state index in [4.69, 9.17) is 62.4 Å². The minimum Gasteiger partial charge on any atom is -0.394 e. The van der Waals surface area contributed by atoms with Gasteiger partial charge in [0.1, 0.15) is 140 Å². The van der Waals surface area contributed by atoms with Gasteiger partial charge in [0, 0.05) is 6.92 Å². The Bertz CT molecular complexity index is 2000. The highest BCUT2D eigenvalue weighted by molar-refractivity contribution is 7.46. The number of hydrogen-bond donors (Lipinski definition) is 22. The molecule has 6 aliphatic heterocycles. The minimum absolute atomic E-state index is 0.887. The topological polar surface area (TPSA) is 614 Å². The second-order valence-corrected chi connectivity index (χ2v) is 21.2. The van der Waals surface area contributed by atoms with Crippen molar-refractivity contribution in [3.8, 4) is 0 Å². The number of ether oxygens (including phenoxy) is 11. The number of hydrogen-bond acceptors (Lipinski definition) is 33. The summed E-state index contributed by atoms with van der Waals surface area (Å²) in [4.78, 5) is 51.2. The maximum Gasteiger partial charge on any atom is 0.470 e. The van der Waals surface area contributed by atoms with Crippen molar-refractivity contribution in [1.82, 2.24) is 5.32 Å². The van der Waals surface area contributed by atoms with Gasteiger partial charge in [-0.1, -0.05) is 0 Å². The highest BCUT2D eigenvalue weighted by Crippen LogP contribution is 2.44. The normalized spacial score (nSPS) is 47.9. The molecule has 6 aliphatic rings. The van der Waals surface area contributed by atoms with Gasteiger partial charge in [-0.2, -0.15) is 0 Å². The van der Waals surface area contributed by atoms with E-state index in [0.29, 0.717) is 0 Å². The Balaban J connectivity index is 1.39. The Morgan fingerprint density at radius 1 is 0.449 bits per heavy atom. The molecule has 0 saturated carbocycles. The summed E-state index contributed by atoms with van der Waals surface area (Å²) < 4.78 is 96.5. The van der Waals surface area contributed by atoms with Crippen molar-refractivity contribution in [3.63, 3.8) is 0 Å². The lowest BCUT2D eigenvalue weighted by molar-refractivity contribution is -0.397. The lowest BCUT2D eigenvalue weighted by atomic mass is 9.94. The third kappa shape index (κ3) is 15.3. The summed E-state index contributed by atoms with van der Waals surface area (Å²) in [5, 5.41) is 174. The van der Waals surface area contributed by atoms with Crippen LogP contribution >= 0.6 is 15.6 Å². The van der Waals surface area contributed by atoms with Crippen LogP contribution in [0.3, 0.4) is 0 Å². The molecule has 6 heterocycles. The molecule has 6 rings (SSSR count). The Hall–Kier alpha value is -1.43. The molecule has 0 spiro atoms. The first kappa shape index (κ1) is 65.7. The average molecular weight is 1190 g/mol. The number of amides is 1. The minimum atomic E-state index is -5.80. The molecular formula is C38H68N2O36P2. The van der Waals surface area contributed by atoms with E-state index in [9.17, 15) is 115 Å². The molecule has 456 valence electrons. The van der Waals surface area contributed by atoms with Gasteiger partial charge < -0.3 is 164 Å². The molecule has 38 nitrogen and oxygen atoms in total. The lowest BCUT2D eigenvalue weighted by Gasteiger charge is -2.50. The maximum atomic E-state index is 12.5. The zero-order valence-corrected chi connectivity index (χ0v) is 42.3. The summed E-state index contributed by atoms with van der Waals surface area (Å²) in [6.45, 7) is -5.64. The number of carbonyl (C=O) groups excluding carboxylic acids is 1. The molecule has 23 N–H and O–H groups in total.